The molecule has 2 nitrogen and oxygen atoms in total. The molecule has 1 atom stereocenters. The zero-order valence-electron chi connectivity index (χ0n) is 6.95. The van der Waals surface area contributed by atoms with Crippen LogP contribution in [0.5, 0.6) is 0 Å². The van der Waals surface area contributed by atoms with Crippen LogP contribution in [0, 0.1) is 0 Å². The largest absolute Gasteiger partial charge is 0.372 e. The summed E-state index contributed by atoms with van der Waals surface area (Å²) in [4.78, 5) is 0. The van der Waals surface area contributed by atoms with Crippen molar-refractivity contribution < 1.29 is 4.74 Å². The topological polar surface area (TPSA) is 21.3 Å². The third kappa shape index (κ3) is 2.06. The lowest BCUT2D eigenvalue weighted by Crippen LogP contribution is -2.16. The molecule has 1 unspecified atom stereocenters. The Morgan fingerprint density at radius 3 is 3.33 bits per heavy atom. The van der Waals surface area contributed by atoms with Gasteiger partial charge in [0.1, 0.15) is 0 Å². The number of hydrogen-bond donors (Lipinski definition) is 1. The van der Waals surface area contributed by atoms with Crippen LogP contribution in [0.4, 0.5) is 0 Å². The Balaban J connectivity index is 1.74. The molecule has 1 saturated heterocycles. The monoisotopic (exact) mass is 183 g/mol. The first-order valence-corrected chi connectivity index (χ1v) is 5.23. The van der Waals surface area contributed by atoms with Gasteiger partial charge in [0.2, 0.25) is 0 Å². The molecule has 0 amide bonds. The normalized spacial score (nSPS) is 23.2. The number of hydrogen-bond acceptors (Lipinski definition) is 3. The molecule has 2 heterocycles. The van der Waals surface area contributed by atoms with Crippen molar-refractivity contribution in [3.8, 4) is 0 Å². The van der Waals surface area contributed by atoms with Gasteiger partial charge in [0.25, 0.3) is 0 Å². The molecule has 3 heteroatoms. The van der Waals surface area contributed by atoms with Gasteiger partial charge in [-0.15, -0.1) is 0 Å². The van der Waals surface area contributed by atoms with E-state index in [1.54, 1.807) is 11.3 Å². The summed E-state index contributed by atoms with van der Waals surface area (Å²) in [6.45, 7) is 2.90. The lowest BCUT2D eigenvalue weighted by molar-refractivity contribution is 0.0544. The fourth-order valence-corrected chi connectivity index (χ4v) is 2.01. The first-order valence-electron chi connectivity index (χ1n) is 4.28. The molecule has 1 aromatic heterocycles. The highest BCUT2D eigenvalue weighted by Gasteiger charge is 2.14. The lowest BCUT2D eigenvalue weighted by Gasteiger charge is -2.08. The summed E-state index contributed by atoms with van der Waals surface area (Å²) in [5.74, 6) is 0. The van der Waals surface area contributed by atoms with Gasteiger partial charge in [-0.05, 0) is 35.4 Å². The fraction of sp³-hybridized carbons (Fsp3) is 0.556. The van der Waals surface area contributed by atoms with Gasteiger partial charge in [-0.1, -0.05) is 0 Å². The Bertz CT molecular complexity index is 216. The van der Waals surface area contributed by atoms with Crippen LogP contribution in [0.3, 0.4) is 0 Å². The summed E-state index contributed by atoms with van der Waals surface area (Å²) in [5.41, 5.74) is 1.30. The van der Waals surface area contributed by atoms with E-state index in [1.807, 2.05) is 0 Å². The van der Waals surface area contributed by atoms with Crippen LogP contribution in [0.2, 0.25) is 0 Å². The third-order valence-electron chi connectivity index (χ3n) is 2.08. The van der Waals surface area contributed by atoms with E-state index < -0.39 is 0 Å². The van der Waals surface area contributed by atoms with Crippen molar-refractivity contribution in [1.82, 2.24) is 5.32 Å². The Morgan fingerprint density at radius 2 is 2.67 bits per heavy atom. The van der Waals surface area contributed by atoms with Crippen molar-refractivity contribution in [2.24, 2.45) is 0 Å². The minimum Gasteiger partial charge on any atom is -0.372 e. The van der Waals surface area contributed by atoms with Crippen molar-refractivity contribution in [1.29, 1.82) is 0 Å². The van der Waals surface area contributed by atoms with E-state index >= 15 is 0 Å². The molecule has 1 aliphatic heterocycles. The average molecular weight is 183 g/mol. The Morgan fingerprint density at radius 1 is 1.67 bits per heavy atom. The smallest absolute Gasteiger partial charge is 0.0729 e. The molecule has 0 aliphatic carbocycles. The van der Waals surface area contributed by atoms with Crippen LogP contribution in [0.1, 0.15) is 12.0 Å². The highest BCUT2D eigenvalue weighted by molar-refractivity contribution is 7.07. The van der Waals surface area contributed by atoms with E-state index in [9.17, 15) is 0 Å². The van der Waals surface area contributed by atoms with Gasteiger partial charge in [-0.3, -0.25) is 0 Å². The van der Waals surface area contributed by atoms with Crippen LogP contribution >= 0.6 is 11.3 Å². The molecule has 0 saturated carbocycles. The van der Waals surface area contributed by atoms with Gasteiger partial charge in [0, 0.05) is 6.54 Å². The molecule has 2 rings (SSSR count). The van der Waals surface area contributed by atoms with Gasteiger partial charge in [-0.2, -0.15) is 11.3 Å². The van der Waals surface area contributed by atoms with Crippen molar-refractivity contribution in [3.05, 3.63) is 22.4 Å². The van der Waals surface area contributed by atoms with Crippen LogP contribution in [-0.4, -0.2) is 19.2 Å². The third-order valence-corrected chi connectivity index (χ3v) is 2.81. The number of ether oxygens (including phenoxy) is 1. The highest BCUT2D eigenvalue weighted by Crippen LogP contribution is 2.10. The lowest BCUT2D eigenvalue weighted by atomic mass is 10.3. The molecule has 1 fully saturated rings. The van der Waals surface area contributed by atoms with E-state index in [2.05, 4.69) is 22.1 Å². The van der Waals surface area contributed by atoms with Crippen LogP contribution in [0.15, 0.2) is 16.8 Å². The number of nitrogens with one attached hydrogen (secondary N) is 1. The van der Waals surface area contributed by atoms with Crippen molar-refractivity contribution in [2.45, 2.75) is 19.1 Å². The zero-order valence-corrected chi connectivity index (χ0v) is 7.77. The Labute approximate surface area is 76.6 Å². The van der Waals surface area contributed by atoms with Gasteiger partial charge in [0.15, 0.2) is 0 Å². The fourth-order valence-electron chi connectivity index (χ4n) is 1.36. The second-order valence-corrected chi connectivity index (χ2v) is 3.84. The van der Waals surface area contributed by atoms with Gasteiger partial charge < -0.3 is 10.1 Å². The van der Waals surface area contributed by atoms with Crippen LogP contribution in [0.25, 0.3) is 0 Å². The minimum atomic E-state index is 0.435. The highest BCUT2D eigenvalue weighted by atomic mass is 32.1. The summed E-state index contributed by atoms with van der Waals surface area (Å²) in [5, 5.41) is 7.51. The second-order valence-electron chi connectivity index (χ2n) is 3.06. The SMILES string of the molecule is c1cc(COC2CCNC2)cs1. The second kappa shape index (κ2) is 4.03. The molecule has 0 bridgehead atoms. The maximum atomic E-state index is 5.69. The van der Waals surface area contributed by atoms with E-state index in [-0.39, 0.29) is 0 Å². The molecule has 0 spiro atoms. The molecule has 1 aromatic rings. The molecular weight excluding hydrogens is 170 g/mol. The number of rotatable bonds is 3. The summed E-state index contributed by atoms with van der Waals surface area (Å²) in [7, 11) is 0. The molecule has 12 heavy (non-hydrogen) atoms. The summed E-state index contributed by atoms with van der Waals surface area (Å²) in [6, 6.07) is 2.12. The predicted molar refractivity (Wildman–Crippen MR) is 50.4 cm³/mol. The van der Waals surface area contributed by atoms with Crippen molar-refractivity contribution >= 4 is 11.3 Å². The molecule has 0 radical (unpaired) electrons. The van der Waals surface area contributed by atoms with Crippen molar-refractivity contribution in [3.63, 3.8) is 0 Å². The zero-order chi connectivity index (χ0) is 8.23. The Kier molecular flexibility index (Phi) is 2.76. The predicted octanol–water partition coefficient (Wildman–Crippen LogP) is 1.63. The molecule has 1 aliphatic rings. The molecular formula is C9H13NOS. The molecule has 1 N–H and O–H groups in total. The maximum absolute atomic E-state index is 5.69. The maximum Gasteiger partial charge on any atom is 0.0729 e. The standard InChI is InChI=1S/C9H13NOS/c1-3-10-5-9(1)11-6-8-2-4-12-7-8/h2,4,7,9-10H,1,3,5-6H2. The van der Waals surface area contributed by atoms with E-state index in [1.165, 1.54) is 5.56 Å². The van der Waals surface area contributed by atoms with Gasteiger partial charge in [-0.25, -0.2) is 0 Å². The number of thiophene rings is 1. The average Bonchev–Trinajstić information content (AvgIpc) is 2.74. The quantitative estimate of drug-likeness (QED) is 0.769. The molecule has 0 aromatic carbocycles. The first-order chi connectivity index (χ1) is 5.95. The minimum absolute atomic E-state index is 0.435. The molecule has 66 valence electrons. The van der Waals surface area contributed by atoms with E-state index in [0.29, 0.717) is 6.10 Å². The van der Waals surface area contributed by atoms with Crippen molar-refractivity contribution in [2.75, 3.05) is 13.1 Å². The Hall–Kier alpha value is -0.380. The van der Waals surface area contributed by atoms with Crippen LogP contribution < -0.4 is 5.32 Å². The first kappa shape index (κ1) is 8.23. The summed E-state index contributed by atoms with van der Waals surface area (Å²) < 4.78 is 5.69. The van der Waals surface area contributed by atoms with E-state index in [4.69, 9.17) is 4.74 Å². The summed E-state index contributed by atoms with van der Waals surface area (Å²) in [6.07, 6.45) is 1.59. The van der Waals surface area contributed by atoms with E-state index in [0.717, 1.165) is 26.1 Å². The van der Waals surface area contributed by atoms with Gasteiger partial charge >= 0.3 is 0 Å². The van der Waals surface area contributed by atoms with Gasteiger partial charge in [0.05, 0.1) is 12.7 Å². The summed E-state index contributed by atoms with van der Waals surface area (Å²) >= 11 is 1.73. The van der Waals surface area contributed by atoms with Crippen LogP contribution in [-0.2, 0) is 11.3 Å².